The van der Waals surface area contributed by atoms with Crippen LogP contribution in [0.4, 0.5) is 8.78 Å². The molecule has 2 N–H and O–H groups in total. The third-order valence-electron chi connectivity index (χ3n) is 2.54. The topological polar surface area (TPSA) is 35.2 Å². The molecule has 0 aliphatic carbocycles. The Labute approximate surface area is 94.4 Å². The van der Waals surface area contributed by atoms with Crippen LogP contribution in [0.15, 0.2) is 18.2 Å². The SMILES string of the molecule is COc1cc(C(C)C)ccc1C(F)(F)CN. The van der Waals surface area contributed by atoms with E-state index in [2.05, 4.69) is 0 Å². The lowest BCUT2D eigenvalue weighted by atomic mass is 9.98. The Kier molecular flexibility index (Phi) is 3.86. The van der Waals surface area contributed by atoms with E-state index in [0.29, 0.717) is 0 Å². The molecule has 1 rings (SSSR count). The molecule has 0 atom stereocenters. The molecule has 0 fully saturated rings. The average molecular weight is 229 g/mol. The van der Waals surface area contributed by atoms with Crippen LogP contribution < -0.4 is 10.5 Å². The molecule has 0 saturated heterocycles. The van der Waals surface area contributed by atoms with Gasteiger partial charge in [0.05, 0.1) is 19.2 Å². The van der Waals surface area contributed by atoms with Crippen LogP contribution >= 0.6 is 0 Å². The molecule has 1 aromatic carbocycles. The zero-order valence-electron chi connectivity index (χ0n) is 9.76. The fourth-order valence-corrected chi connectivity index (χ4v) is 1.48. The molecule has 0 aliphatic rings. The summed E-state index contributed by atoms with van der Waals surface area (Å²) in [5, 5.41) is 0. The summed E-state index contributed by atoms with van der Waals surface area (Å²) in [4.78, 5) is 0. The van der Waals surface area contributed by atoms with E-state index < -0.39 is 12.5 Å². The second-order valence-electron chi connectivity index (χ2n) is 4.02. The molecular weight excluding hydrogens is 212 g/mol. The number of methoxy groups -OCH3 is 1. The number of benzene rings is 1. The maximum atomic E-state index is 13.5. The van der Waals surface area contributed by atoms with Gasteiger partial charge in [0.25, 0.3) is 5.92 Å². The molecule has 90 valence electrons. The third kappa shape index (κ3) is 2.50. The zero-order valence-corrected chi connectivity index (χ0v) is 9.76. The van der Waals surface area contributed by atoms with Crippen LogP contribution in [-0.4, -0.2) is 13.7 Å². The van der Waals surface area contributed by atoms with Gasteiger partial charge in [0.1, 0.15) is 5.75 Å². The lowest BCUT2D eigenvalue weighted by Gasteiger charge is -2.19. The van der Waals surface area contributed by atoms with E-state index in [0.717, 1.165) is 5.56 Å². The van der Waals surface area contributed by atoms with E-state index in [4.69, 9.17) is 10.5 Å². The van der Waals surface area contributed by atoms with E-state index >= 15 is 0 Å². The monoisotopic (exact) mass is 229 g/mol. The van der Waals surface area contributed by atoms with E-state index in [1.165, 1.54) is 13.2 Å². The molecule has 4 heteroatoms. The number of alkyl halides is 2. The van der Waals surface area contributed by atoms with Crippen molar-refractivity contribution in [2.24, 2.45) is 5.73 Å². The van der Waals surface area contributed by atoms with Crippen molar-refractivity contribution in [3.63, 3.8) is 0 Å². The number of rotatable bonds is 4. The number of nitrogens with two attached hydrogens (primary N) is 1. The molecule has 0 amide bonds. The maximum absolute atomic E-state index is 13.5. The van der Waals surface area contributed by atoms with Crippen LogP contribution in [-0.2, 0) is 5.92 Å². The Bertz CT molecular complexity index is 364. The summed E-state index contributed by atoms with van der Waals surface area (Å²) in [6.07, 6.45) is 0. The molecule has 0 radical (unpaired) electrons. The minimum Gasteiger partial charge on any atom is -0.496 e. The molecule has 1 aromatic rings. The lowest BCUT2D eigenvalue weighted by molar-refractivity contribution is 0.00367. The first-order valence-corrected chi connectivity index (χ1v) is 5.18. The largest absolute Gasteiger partial charge is 0.496 e. The van der Waals surface area contributed by atoms with Crippen molar-refractivity contribution in [1.82, 2.24) is 0 Å². The minimum atomic E-state index is -3.04. The van der Waals surface area contributed by atoms with Gasteiger partial charge >= 0.3 is 0 Å². The molecule has 0 heterocycles. The summed E-state index contributed by atoms with van der Waals surface area (Å²) in [5.74, 6) is -2.57. The Hall–Kier alpha value is -1.16. The highest BCUT2D eigenvalue weighted by Gasteiger charge is 2.33. The second-order valence-corrected chi connectivity index (χ2v) is 4.02. The minimum absolute atomic E-state index is 0.151. The normalized spacial score (nSPS) is 11.9. The van der Waals surface area contributed by atoms with E-state index in [1.54, 1.807) is 12.1 Å². The Morgan fingerprint density at radius 3 is 2.44 bits per heavy atom. The second kappa shape index (κ2) is 4.78. The Morgan fingerprint density at radius 1 is 1.38 bits per heavy atom. The van der Waals surface area contributed by atoms with Gasteiger partial charge in [0, 0.05) is 0 Å². The van der Waals surface area contributed by atoms with E-state index in [9.17, 15) is 8.78 Å². The van der Waals surface area contributed by atoms with Crippen LogP contribution in [0.25, 0.3) is 0 Å². The van der Waals surface area contributed by atoms with Gasteiger partial charge in [-0.15, -0.1) is 0 Å². The van der Waals surface area contributed by atoms with E-state index in [-0.39, 0.29) is 17.2 Å². The number of ether oxygens (including phenoxy) is 1. The van der Waals surface area contributed by atoms with Crippen molar-refractivity contribution in [3.8, 4) is 5.75 Å². The van der Waals surface area contributed by atoms with Gasteiger partial charge in [-0.05, 0) is 23.6 Å². The highest BCUT2D eigenvalue weighted by Crippen LogP contribution is 2.35. The molecule has 0 spiro atoms. The third-order valence-corrected chi connectivity index (χ3v) is 2.54. The van der Waals surface area contributed by atoms with Crippen LogP contribution in [0.2, 0.25) is 0 Å². The van der Waals surface area contributed by atoms with Gasteiger partial charge in [-0.3, -0.25) is 0 Å². The first kappa shape index (κ1) is 12.9. The van der Waals surface area contributed by atoms with E-state index in [1.807, 2.05) is 13.8 Å². The molecule has 0 unspecified atom stereocenters. The predicted molar refractivity (Wildman–Crippen MR) is 60.0 cm³/mol. The van der Waals surface area contributed by atoms with Gasteiger partial charge in [-0.25, -0.2) is 0 Å². The highest BCUT2D eigenvalue weighted by atomic mass is 19.3. The molecule has 2 nitrogen and oxygen atoms in total. The zero-order chi connectivity index (χ0) is 12.3. The van der Waals surface area contributed by atoms with Crippen LogP contribution in [0.1, 0.15) is 30.9 Å². The van der Waals surface area contributed by atoms with Crippen molar-refractivity contribution in [1.29, 1.82) is 0 Å². The number of hydrogen-bond donors (Lipinski definition) is 1. The lowest BCUT2D eigenvalue weighted by Crippen LogP contribution is -2.25. The van der Waals surface area contributed by atoms with Crippen molar-refractivity contribution < 1.29 is 13.5 Å². The smallest absolute Gasteiger partial charge is 0.288 e. The number of halogens is 2. The Morgan fingerprint density at radius 2 is 2.00 bits per heavy atom. The summed E-state index contributed by atoms with van der Waals surface area (Å²) in [7, 11) is 1.38. The van der Waals surface area contributed by atoms with Gasteiger partial charge in [0.15, 0.2) is 0 Å². The van der Waals surface area contributed by atoms with Gasteiger partial charge in [-0.1, -0.05) is 19.9 Å². The molecular formula is C12H17F2NO. The van der Waals surface area contributed by atoms with Crippen molar-refractivity contribution >= 4 is 0 Å². The maximum Gasteiger partial charge on any atom is 0.288 e. The van der Waals surface area contributed by atoms with Crippen molar-refractivity contribution in [3.05, 3.63) is 29.3 Å². The number of hydrogen-bond acceptors (Lipinski definition) is 2. The van der Waals surface area contributed by atoms with Gasteiger partial charge < -0.3 is 10.5 Å². The first-order chi connectivity index (χ1) is 7.42. The molecule has 0 bridgehead atoms. The molecule has 0 aromatic heterocycles. The highest BCUT2D eigenvalue weighted by molar-refractivity contribution is 5.41. The van der Waals surface area contributed by atoms with Crippen LogP contribution in [0.3, 0.4) is 0 Å². The average Bonchev–Trinajstić information content (AvgIpc) is 2.28. The van der Waals surface area contributed by atoms with Crippen LogP contribution in [0, 0.1) is 0 Å². The first-order valence-electron chi connectivity index (χ1n) is 5.18. The summed E-state index contributed by atoms with van der Waals surface area (Å²) in [6, 6.07) is 4.72. The summed E-state index contributed by atoms with van der Waals surface area (Å²) < 4.78 is 31.9. The standard InChI is InChI=1S/C12H17F2NO/c1-8(2)9-4-5-10(11(6-9)16-3)12(13,14)7-15/h4-6,8H,7,15H2,1-3H3. The van der Waals surface area contributed by atoms with Gasteiger partial charge in [-0.2, -0.15) is 8.78 Å². The quantitative estimate of drug-likeness (QED) is 0.861. The van der Waals surface area contributed by atoms with Crippen LogP contribution in [0.5, 0.6) is 5.75 Å². The predicted octanol–water partition coefficient (Wildman–Crippen LogP) is 2.87. The Balaban J connectivity index is 3.22. The van der Waals surface area contributed by atoms with Gasteiger partial charge in [0.2, 0.25) is 0 Å². The van der Waals surface area contributed by atoms with Crippen molar-refractivity contribution in [2.75, 3.05) is 13.7 Å². The fourth-order valence-electron chi connectivity index (χ4n) is 1.48. The summed E-state index contributed by atoms with van der Waals surface area (Å²) >= 11 is 0. The fraction of sp³-hybridized carbons (Fsp3) is 0.500. The summed E-state index contributed by atoms with van der Waals surface area (Å²) in [6.45, 7) is 3.27. The molecule has 0 aliphatic heterocycles. The summed E-state index contributed by atoms with van der Waals surface area (Å²) in [5.41, 5.74) is 5.87. The van der Waals surface area contributed by atoms with Crippen molar-refractivity contribution in [2.45, 2.75) is 25.7 Å². The molecule has 0 saturated carbocycles. The molecule has 16 heavy (non-hydrogen) atoms.